The average Bonchev–Trinajstić information content (AvgIpc) is 2.40. The normalized spacial score (nSPS) is 20.4. The molecular formula is C15H23N3O. The molecule has 1 unspecified atom stereocenters. The van der Waals surface area contributed by atoms with Crippen molar-refractivity contribution in [2.45, 2.75) is 25.8 Å². The molecule has 4 N–H and O–H groups in total. The van der Waals surface area contributed by atoms with Crippen molar-refractivity contribution in [3.05, 3.63) is 35.4 Å². The van der Waals surface area contributed by atoms with Gasteiger partial charge in [0.2, 0.25) is 0 Å². The molecule has 1 heterocycles. The summed E-state index contributed by atoms with van der Waals surface area (Å²) in [6, 6.07) is 7.88. The third-order valence-corrected chi connectivity index (χ3v) is 3.84. The average molecular weight is 261 g/mol. The second-order valence-electron chi connectivity index (χ2n) is 5.33. The Labute approximate surface area is 114 Å². The van der Waals surface area contributed by atoms with Crippen molar-refractivity contribution < 1.29 is 5.11 Å². The molecule has 1 aromatic carbocycles. The number of amidine groups is 1. The van der Waals surface area contributed by atoms with Crippen LogP contribution in [0.4, 0.5) is 0 Å². The smallest absolute Gasteiger partial charge is 0.123 e. The fourth-order valence-corrected chi connectivity index (χ4v) is 2.87. The number of nitrogen functional groups attached to an aromatic ring is 1. The van der Waals surface area contributed by atoms with Crippen LogP contribution in [0.25, 0.3) is 0 Å². The van der Waals surface area contributed by atoms with Gasteiger partial charge in [0.1, 0.15) is 5.84 Å². The molecule has 1 aliphatic rings. The van der Waals surface area contributed by atoms with Gasteiger partial charge in [-0.3, -0.25) is 10.3 Å². The van der Waals surface area contributed by atoms with E-state index >= 15 is 0 Å². The SMILES string of the molecule is N=C(N)c1ccccc1CN1CCCC(CCO)C1. The molecule has 4 nitrogen and oxygen atoms in total. The van der Waals surface area contributed by atoms with Gasteiger partial charge in [-0.2, -0.15) is 0 Å². The van der Waals surface area contributed by atoms with Gasteiger partial charge in [-0.05, 0) is 37.3 Å². The quantitative estimate of drug-likeness (QED) is 0.556. The zero-order chi connectivity index (χ0) is 13.7. The highest BCUT2D eigenvalue weighted by molar-refractivity contribution is 5.96. The lowest BCUT2D eigenvalue weighted by Crippen LogP contribution is -2.35. The Hall–Kier alpha value is -1.39. The van der Waals surface area contributed by atoms with Crippen LogP contribution in [0.2, 0.25) is 0 Å². The number of nitrogens with two attached hydrogens (primary N) is 1. The van der Waals surface area contributed by atoms with E-state index in [1.165, 1.54) is 12.8 Å². The van der Waals surface area contributed by atoms with E-state index in [2.05, 4.69) is 4.90 Å². The van der Waals surface area contributed by atoms with Crippen molar-refractivity contribution in [2.24, 2.45) is 11.7 Å². The number of aliphatic hydroxyl groups is 1. The van der Waals surface area contributed by atoms with Crippen LogP contribution in [0.1, 0.15) is 30.4 Å². The van der Waals surface area contributed by atoms with Gasteiger partial charge in [-0.1, -0.05) is 24.3 Å². The number of rotatable bonds is 5. The van der Waals surface area contributed by atoms with Crippen LogP contribution < -0.4 is 5.73 Å². The monoisotopic (exact) mass is 261 g/mol. The van der Waals surface area contributed by atoms with Crippen molar-refractivity contribution in [3.63, 3.8) is 0 Å². The van der Waals surface area contributed by atoms with E-state index < -0.39 is 0 Å². The van der Waals surface area contributed by atoms with Gasteiger partial charge < -0.3 is 10.8 Å². The molecule has 0 bridgehead atoms. The number of aliphatic hydroxyl groups excluding tert-OH is 1. The number of nitrogens with one attached hydrogen (secondary N) is 1. The molecule has 1 atom stereocenters. The van der Waals surface area contributed by atoms with Crippen molar-refractivity contribution >= 4 is 5.84 Å². The maximum absolute atomic E-state index is 9.05. The zero-order valence-corrected chi connectivity index (χ0v) is 11.3. The minimum absolute atomic E-state index is 0.138. The third-order valence-electron chi connectivity index (χ3n) is 3.84. The predicted molar refractivity (Wildman–Crippen MR) is 77.2 cm³/mol. The van der Waals surface area contributed by atoms with Gasteiger partial charge in [0.25, 0.3) is 0 Å². The third kappa shape index (κ3) is 3.78. The number of hydrogen-bond acceptors (Lipinski definition) is 3. The van der Waals surface area contributed by atoms with E-state index in [9.17, 15) is 0 Å². The summed E-state index contributed by atoms with van der Waals surface area (Å²) in [4.78, 5) is 2.41. The topological polar surface area (TPSA) is 73.3 Å². The summed E-state index contributed by atoms with van der Waals surface area (Å²) in [5.74, 6) is 0.739. The molecule has 2 rings (SSSR count). The lowest BCUT2D eigenvalue weighted by atomic mass is 9.94. The molecule has 0 radical (unpaired) electrons. The van der Waals surface area contributed by atoms with E-state index in [1.807, 2.05) is 24.3 Å². The number of hydrogen-bond donors (Lipinski definition) is 3. The Morgan fingerprint density at radius 2 is 2.21 bits per heavy atom. The maximum Gasteiger partial charge on any atom is 0.123 e. The first-order valence-electron chi connectivity index (χ1n) is 6.96. The molecule has 0 aliphatic carbocycles. The summed E-state index contributed by atoms with van der Waals surface area (Å²) >= 11 is 0. The maximum atomic E-state index is 9.05. The lowest BCUT2D eigenvalue weighted by Gasteiger charge is -2.32. The number of piperidine rings is 1. The lowest BCUT2D eigenvalue weighted by molar-refractivity contribution is 0.142. The van der Waals surface area contributed by atoms with Gasteiger partial charge in [-0.15, -0.1) is 0 Å². The Morgan fingerprint density at radius 1 is 1.42 bits per heavy atom. The first-order valence-corrected chi connectivity index (χ1v) is 6.96. The molecule has 0 saturated carbocycles. The Bertz CT molecular complexity index is 431. The van der Waals surface area contributed by atoms with Crippen molar-refractivity contribution in [2.75, 3.05) is 19.7 Å². The van der Waals surface area contributed by atoms with Crippen LogP contribution in [-0.4, -0.2) is 35.5 Å². The first kappa shape index (κ1) is 14.0. The fourth-order valence-electron chi connectivity index (χ4n) is 2.87. The molecule has 19 heavy (non-hydrogen) atoms. The van der Waals surface area contributed by atoms with Gasteiger partial charge in [0.05, 0.1) is 0 Å². The summed E-state index contributed by atoms with van der Waals surface area (Å²) < 4.78 is 0. The summed E-state index contributed by atoms with van der Waals surface area (Å²) in [5.41, 5.74) is 7.59. The Kier molecular flexibility index (Phi) is 4.93. The van der Waals surface area contributed by atoms with E-state index in [4.69, 9.17) is 16.2 Å². The zero-order valence-electron chi connectivity index (χ0n) is 11.3. The van der Waals surface area contributed by atoms with Crippen molar-refractivity contribution in [1.82, 2.24) is 4.90 Å². The van der Waals surface area contributed by atoms with Gasteiger partial charge in [-0.25, -0.2) is 0 Å². The van der Waals surface area contributed by atoms with Crippen LogP contribution in [0.3, 0.4) is 0 Å². The predicted octanol–water partition coefficient (Wildman–Crippen LogP) is 1.57. The van der Waals surface area contributed by atoms with Gasteiger partial charge >= 0.3 is 0 Å². The molecule has 0 amide bonds. The highest BCUT2D eigenvalue weighted by atomic mass is 16.3. The summed E-state index contributed by atoms with van der Waals surface area (Å²) in [5, 5.41) is 16.7. The Morgan fingerprint density at radius 3 is 2.95 bits per heavy atom. The van der Waals surface area contributed by atoms with Crippen molar-refractivity contribution in [1.29, 1.82) is 5.41 Å². The molecule has 1 aromatic rings. The summed E-state index contributed by atoms with van der Waals surface area (Å²) in [6.07, 6.45) is 3.29. The second-order valence-corrected chi connectivity index (χ2v) is 5.33. The first-order chi connectivity index (χ1) is 9.20. The van der Waals surface area contributed by atoms with E-state index in [0.717, 1.165) is 37.2 Å². The van der Waals surface area contributed by atoms with Crippen LogP contribution >= 0.6 is 0 Å². The molecule has 1 aliphatic heterocycles. The fraction of sp³-hybridized carbons (Fsp3) is 0.533. The van der Waals surface area contributed by atoms with E-state index in [0.29, 0.717) is 5.92 Å². The molecular weight excluding hydrogens is 238 g/mol. The molecule has 104 valence electrons. The van der Waals surface area contributed by atoms with E-state index in [1.54, 1.807) is 0 Å². The molecule has 0 aromatic heterocycles. The molecule has 4 heteroatoms. The van der Waals surface area contributed by atoms with Crippen LogP contribution in [0, 0.1) is 11.3 Å². The summed E-state index contributed by atoms with van der Waals surface area (Å²) in [7, 11) is 0. The van der Waals surface area contributed by atoms with Crippen LogP contribution in [0.15, 0.2) is 24.3 Å². The molecule has 1 saturated heterocycles. The minimum Gasteiger partial charge on any atom is -0.396 e. The highest BCUT2D eigenvalue weighted by Gasteiger charge is 2.20. The van der Waals surface area contributed by atoms with Crippen molar-refractivity contribution in [3.8, 4) is 0 Å². The number of likely N-dealkylation sites (tertiary alicyclic amines) is 1. The minimum atomic E-state index is 0.138. The van der Waals surface area contributed by atoms with Crippen LogP contribution in [0.5, 0.6) is 0 Å². The van der Waals surface area contributed by atoms with E-state index in [-0.39, 0.29) is 12.4 Å². The molecule has 0 spiro atoms. The summed E-state index contributed by atoms with van der Waals surface area (Å²) in [6.45, 7) is 3.25. The van der Waals surface area contributed by atoms with Gasteiger partial charge in [0, 0.05) is 25.3 Å². The number of benzene rings is 1. The molecule has 1 fully saturated rings. The number of nitrogens with zero attached hydrogens (tertiary/aromatic N) is 1. The largest absolute Gasteiger partial charge is 0.396 e. The Balaban J connectivity index is 2.02. The van der Waals surface area contributed by atoms with Crippen LogP contribution in [-0.2, 0) is 6.54 Å². The standard InChI is InChI=1S/C15H23N3O/c16-15(17)14-6-2-1-5-13(14)11-18-8-3-4-12(10-18)7-9-19/h1-2,5-6,12,19H,3-4,7-11H2,(H3,16,17). The second kappa shape index (κ2) is 6.68. The van der Waals surface area contributed by atoms with Gasteiger partial charge in [0.15, 0.2) is 0 Å². The highest BCUT2D eigenvalue weighted by Crippen LogP contribution is 2.21.